The van der Waals surface area contributed by atoms with E-state index in [-0.39, 0.29) is 41.0 Å². The number of rotatable bonds is 1. The van der Waals surface area contributed by atoms with Crippen molar-refractivity contribution in [3.8, 4) is 0 Å². The molecular formula is C15H24O3. The summed E-state index contributed by atoms with van der Waals surface area (Å²) in [4.78, 5) is 24.4. The first kappa shape index (κ1) is 13.7. The molecule has 0 spiro atoms. The molecule has 0 N–H and O–H groups in total. The van der Waals surface area contributed by atoms with Gasteiger partial charge in [-0.25, -0.2) is 0 Å². The van der Waals surface area contributed by atoms with E-state index in [1.807, 2.05) is 27.7 Å². The molecule has 0 amide bonds. The Kier molecular flexibility index (Phi) is 3.63. The zero-order valence-corrected chi connectivity index (χ0v) is 11.9. The van der Waals surface area contributed by atoms with E-state index in [0.717, 1.165) is 12.8 Å². The van der Waals surface area contributed by atoms with E-state index in [4.69, 9.17) is 4.74 Å². The van der Waals surface area contributed by atoms with Crippen molar-refractivity contribution in [3.05, 3.63) is 0 Å². The molecule has 18 heavy (non-hydrogen) atoms. The minimum Gasteiger partial charge on any atom is -0.366 e. The zero-order chi connectivity index (χ0) is 13.5. The van der Waals surface area contributed by atoms with Crippen LogP contribution in [0, 0.1) is 17.8 Å². The van der Waals surface area contributed by atoms with Crippen molar-refractivity contribution in [1.29, 1.82) is 0 Å². The molecule has 1 heterocycles. The van der Waals surface area contributed by atoms with Crippen LogP contribution >= 0.6 is 0 Å². The molecule has 0 bridgehead atoms. The van der Waals surface area contributed by atoms with Crippen molar-refractivity contribution in [2.24, 2.45) is 17.8 Å². The lowest BCUT2D eigenvalue weighted by atomic mass is 9.79. The smallest absolute Gasteiger partial charge is 0.139 e. The van der Waals surface area contributed by atoms with Gasteiger partial charge in [-0.15, -0.1) is 0 Å². The summed E-state index contributed by atoms with van der Waals surface area (Å²) in [6.07, 6.45) is 2.87. The van der Waals surface area contributed by atoms with Gasteiger partial charge in [0, 0.05) is 24.7 Å². The van der Waals surface area contributed by atoms with E-state index in [1.165, 1.54) is 0 Å². The first-order valence-corrected chi connectivity index (χ1v) is 7.06. The molecule has 2 fully saturated rings. The van der Waals surface area contributed by atoms with Gasteiger partial charge < -0.3 is 4.74 Å². The van der Waals surface area contributed by atoms with Gasteiger partial charge in [-0.1, -0.05) is 20.8 Å². The molecule has 0 unspecified atom stereocenters. The van der Waals surface area contributed by atoms with Crippen LogP contribution in [-0.4, -0.2) is 23.3 Å². The van der Waals surface area contributed by atoms with Crippen LogP contribution in [0.2, 0.25) is 0 Å². The number of carbonyl (C=O) groups is 2. The maximum absolute atomic E-state index is 12.3. The molecule has 0 radical (unpaired) electrons. The third kappa shape index (κ3) is 2.66. The highest BCUT2D eigenvalue weighted by Gasteiger charge is 2.54. The molecule has 0 aromatic heterocycles. The van der Waals surface area contributed by atoms with Gasteiger partial charge in [-0.2, -0.15) is 0 Å². The molecular weight excluding hydrogens is 228 g/mol. The fourth-order valence-corrected chi connectivity index (χ4v) is 2.99. The summed E-state index contributed by atoms with van der Waals surface area (Å²) in [5, 5.41) is 0. The summed E-state index contributed by atoms with van der Waals surface area (Å²) >= 11 is 0. The minimum atomic E-state index is -0.246. The Hall–Kier alpha value is -0.700. The summed E-state index contributed by atoms with van der Waals surface area (Å²) in [6, 6.07) is 0. The molecule has 4 atom stereocenters. The molecule has 3 heteroatoms. The number of ketones is 2. The number of Topliss-reactive ketones (excluding diaryl/α,β-unsaturated/α-hetero) is 2. The van der Waals surface area contributed by atoms with Gasteiger partial charge in [0.15, 0.2) is 0 Å². The molecule has 3 nitrogen and oxygen atoms in total. The van der Waals surface area contributed by atoms with Crippen LogP contribution in [0.5, 0.6) is 0 Å². The molecule has 0 aromatic carbocycles. The third-order valence-corrected chi connectivity index (χ3v) is 4.61. The van der Waals surface area contributed by atoms with Crippen LogP contribution in [0.3, 0.4) is 0 Å². The van der Waals surface area contributed by atoms with Crippen LogP contribution in [0.25, 0.3) is 0 Å². The van der Waals surface area contributed by atoms with Gasteiger partial charge in [-0.3, -0.25) is 9.59 Å². The third-order valence-electron chi connectivity index (χ3n) is 4.61. The Balaban J connectivity index is 2.16. The van der Waals surface area contributed by atoms with Crippen LogP contribution in [0.1, 0.15) is 53.4 Å². The van der Waals surface area contributed by atoms with Crippen LogP contribution in [0.15, 0.2) is 0 Å². The van der Waals surface area contributed by atoms with E-state index < -0.39 is 0 Å². The van der Waals surface area contributed by atoms with Gasteiger partial charge in [0.2, 0.25) is 0 Å². The predicted octanol–water partition coefficient (Wildman–Crippen LogP) is 2.76. The van der Waals surface area contributed by atoms with E-state index in [1.54, 1.807) is 0 Å². The average Bonchev–Trinajstić information content (AvgIpc) is 2.91. The topological polar surface area (TPSA) is 46.7 Å². The van der Waals surface area contributed by atoms with Gasteiger partial charge in [0.25, 0.3) is 0 Å². The van der Waals surface area contributed by atoms with E-state index in [0.29, 0.717) is 12.8 Å². The Morgan fingerprint density at radius 1 is 1.22 bits per heavy atom. The van der Waals surface area contributed by atoms with Crippen molar-refractivity contribution in [2.45, 2.75) is 65.1 Å². The van der Waals surface area contributed by atoms with E-state index >= 15 is 0 Å². The Labute approximate surface area is 109 Å². The zero-order valence-electron chi connectivity index (χ0n) is 11.9. The van der Waals surface area contributed by atoms with Gasteiger partial charge in [0.1, 0.15) is 11.6 Å². The lowest BCUT2D eigenvalue weighted by molar-refractivity contribution is -0.131. The Bertz CT molecular complexity index is 361. The highest BCUT2D eigenvalue weighted by atomic mass is 16.6. The summed E-state index contributed by atoms with van der Waals surface area (Å²) in [5.41, 5.74) is -0.246. The van der Waals surface area contributed by atoms with Gasteiger partial charge in [-0.05, 0) is 25.7 Å². The normalized spacial score (nSPS) is 41.7. The Morgan fingerprint density at radius 2 is 1.89 bits per heavy atom. The summed E-state index contributed by atoms with van der Waals surface area (Å²) in [5.74, 6) is 0.614. The molecule has 102 valence electrons. The highest BCUT2D eigenvalue weighted by molar-refractivity contribution is 5.89. The first-order chi connectivity index (χ1) is 8.33. The number of hydrogen-bond acceptors (Lipinski definition) is 3. The standard InChI is InChI=1S/C15H24O3/c1-9(2)11-7-12(16)10(3)5-6-14-15(4,18-14)8-13(11)17/h9-11,14H,5-8H2,1-4H3/t10-,11-,14+,15+/m0/s1. The number of hydrogen-bond donors (Lipinski definition) is 0. The maximum atomic E-state index is 12.3. The largest absolute Gasteiger partial charge is 0.366 e. The lowest BCUT2D eigenvalue weighted by Crippen LogP contribution is -2.31. The average molecular weight is 252 g/mol. The molecule has 2 rings (SSSR count). The van der Waals surface area contributed by atoms with Gasteiger partial charge >= 0.3 is 0 Å². The predicted molar refractivity (Wildman–Crippen MR) is 69.3 cm³/mol. The van der Waals surface area contributed by atoms with Crippen molar-refractivity contribution in [1.82, 2.24) is 0 Å². The second-order valence-electron chi connectivity index (χ2n) is 6.56. The van der Waals surface area contributed by atoms with Crippen LogP contribution in [0.4, 0.5) is 0 Å². The minimum absolute atomic E-state index is 0.0607. The summed E-state index contributed by atoms with van der Waals surface area (Å²) in [6.45, 7) is 8.06. The molecule has 2 aliphatic rings. The first-order valence-electron chi connectivity index (χ1n) is 7.06. The lowest BCUT2D eigenvalue weighted by Gasteiger charge is -2.23. The molecule has 1 saturated heterocycles. The quantitative estimate of drug-likeness (QED) is 0.674. The summed E-state index contributed by atoms with van der Waals surface area (Å²) in [7, 11) is 0. The number of epoxide rings is 1. The molecule has 1 aliphatic carbocycles. The van der Waals surface area contributed by atoms with Crippen LogP contribution < -0.4 is 0 Å². The van der Waals surface area contributed by atoms with Crippen LogP contribution in [-0.2, 0) is 14.3 Å². The summed E-state index contributed by atoms with van der Waals surface area (Å²) < 4.78 is 5.69. The Morgan fingerprint density at radius 3 is 2.50 bits per heavy atom. The van der Waals surface area contributed by atoms with Crippen molar-refractivity contribution < 1.29 is 14.3 Å². The molecule has 0 aromatic rings. The molecule has 1 aliphatic heterocycles. The van der Waals surface area contributed by atoms with Crippen molar-refractivity contribution in [3.63, 3.8) is 0 Å². The second kappa shape index (κ2) is 4.76. The van der Waals surface area contributed by atoms with Crippen molar-refractivity contribution >= 4 is 11.6 Å². The molecule has 1 saturated carbocycles. The number of carbonyl (C=O) groups excluding carboxylic acids is 2. The van der Waals surface area contributed by atoms with Gasteiger partial charge in [0.05, 0.1) is 11.7 Å². The highest BCUT2D eigenvalue weighted by Crippen LogP contribution is 2.44. The number of fused-ring (bicyclic) bond motifs is 1. The SMILES string of the molecule is CC(C)[C@@H]1CC(=O)[C@@H](C)CC[C@H]2O[C@]2(C)CC1=O. The fraction of sp³-hybridized carbons (Fsp3) is 0.867. The van der Waals surface area contributed by atoms with E-state index in [2.05, 4.69) is 0 Å². The van der Waals surface area contributed by atoms with Crippen molar-refractivity contribution in [2.75, 3.05) is 0 Å². The fourth-order valence-electron chi connectivity index (χ4n) is 2.99. The monoisotopic (exact) mass is 252 g/mol. The maximum Gasteiger partial charge on any atom is 0.139 e. The number of ether oxygens (including phenoxy) is 1. The second-order valence-corrected chi connectivity index (χ2v) is 6.56. The van der Waals surface area contributed by atoms with E-state index in [9.17, 15) is 9.59 Å².